The van der Waals surface area contributed by atoms with E-state index in [4.69, 9.17) is 4.74 Å². The lowest BCUT2D eigenvalue weighted by atomic mass is 9.98. The van der Waals surface area contributed by atoms with Crippen molar-refractivity contribution in [3.05, 3.63) is 64.2 Å². The molecule has 0 fully saturated rings. The Kier molecular flexibility index (Phi) is 4.23. The van der Waals surface area contributed by atoms with Gasteiger partial charge >= 0.3 is 0 Å². The molecule has 20 heavy (non-hydrogen) atoms. The number of carbonyl (C=O) groups is 1. The Hall–Kier alpha value is -2.09. The van der Waals surface area contributed by atoms with Gasteiger partial charge in [0.25, 0.3) is 0 Å². The normalized spacial score (nSPS) is 10.4. The zero-order valence-corrected chi connectivity index (χ0v) is 12.5. The van der Waals surface area contributed by atoms with Gasteiger partial charge in [-0.3, -0.25) is 4.79 Å². The highest BCUT2D eigenvalue weighted by Gasteiger charge is 2.09. The summed E-state index contributed by atoms with van der Waals surface area (Å²) in [5.74, 6) is 0.953. The highest BCUT2D eigenvalue weighted by Crippen LogP contribution is 2.20. The van der Waals surface area contributed by atoms with Crippen LogP contribution in [0.15, 0.2) is 36.4 Å². The molecule has 2 rings (SSSR count). The summed E-state index contributed by atoms with van der Waals surface area (Å²) in [5.41, 5.74) is 5.18. The predicted octanol–water partition coefficient (Wildman–Crippen LogP) is 4.05. The number of ketones is 1. The molecule has 0 heterocycles. The van der Waals surface area contributed by atoms with Crippen LogP contribution in [0.25, 0.3) is 0 Å². The van der Waals surface area contributed by atoms with Crippen LogP contribution in [0.3, 0.4) is 0 Å². The zero-order chi connectivity index (χ0) is 14.7. The van der Waals surface area contributed by atoms with E-state index >= 15 is 0 Å². The van der Waals surface area contributed by atoms with Crippen LogP contribution < -0.4 is 4.74 Å². The van der Waals surface area contributed by atoms with Crippen molar-refractivity contribution in [3.8, 4) is 5.75 Å². The van der Waals surface area contributed by atoms with Crippen LogP contribution in [-0.2, 0) is 6.42 Å². The van der Waals surface area contributed by atoms with Gasteiger partial charge in [0.05, 0.1) is 7.11 Å². The standard InChI is InChI=1S/C18H20O2/c1-12-7-13(2)9-15(8-12)11-17(19)16-5-6-18(20-4)14(3)10-16/h5-10H,11H2,1-4H3. The van der Waals surface area contributed by atoms with Crippen molar-refractivity contribution in [2.75, 3.05) is 7.11 Å². The van der Waals surface area contributed by atoms with Gasteiger partial charge in [-0.15, -0.1) is 0 Å². The van der Waals surface area contributed by atoms with Gasteiger partial charge in [-0.25, -0.2) is 0 Å². The van der Waals surface area contributed by atoms with Crippen molar-refractivity contribution in [1.29, 1.82) is 0 Å². The van der Waals surface area contributed by atoms with Crippen LogP contribution in [0.2, 0.25) is 0 Å². The SMILES string of the molecule is COc1ccc(C(=O)Cc2cc(C)cc(C)c2)cc1C. The molecule has 2 aromatic carbocycles. The first-order valence-corrected chi connectivity index (χ1v) is 6.74. The average molecular weight is 268 g/mol. The maximum absolute atomic E-state index is 12.3. The molecule has 0 bridgehead atoms. The Morgan fingerprint density at radius 1 is 1.00 bits per heavy atom. The van der Waals surface area contributed by atoms with Crippen LogP contribution in [0.4, 0.5) is 0 Å². The Morgan fingerprint density at radius 2 is 1.65 bits per heavy atom. The van der Waals surface area contributed by atoms with Crippen molar-refractivity contribution in [2.24, 2.45) is 0 Å². The van der Waals surface area contributed by atoms with Gasteiger partial charge in [-0.1, -0.05) is 29.3 Å². The summed E-state index contributed by atoms with van der Waals surface area (Å²) in [6.07, 6.45) is 0.439. The molecule has 0 atom stereocenters. The summed E-state index contributed by atoms with van der Waals surface area (Å²) < 4.78 is 5.22. The Balaban J connectivity index is 2.21. The maximum atomic E-state index is 12.3. The summed E-state index contributed by atoms with van der Waals surface area (Å²) >= 11 is 0. The summed E-state index contributed by atoms with van der Waals surface area (Å²) in [5, 5.41) is 0. The van der Waals surface area contributed by atoms with Gasteiger partial charge in [0.1, 0.15) is 5.75 Å². The molecular weight excluding hydrogens is 248 g/mol. The first-order valence-electron chi connectivity index (χ1n) is 6.74. The van der Waals surface area contributed by atoms with E-state index in [1.165, 1.54) is 11.1 Å². The lowest BCUT2D eigenvalue weighted by Crippen LogP contribution is -2.04. The third-order valence-electron chi connectivity index (χ3n) is 3.36. The molecule has 0 radical (unpaired) electrons. The minimum absolute atomic E-state index is 0.140. The smallest absolute Gasteiger partial charge is 0.167 e. The number of benzene rings is 2. The van der Waals surface area contributed by atoms with E-state index in [1.54, 1.807) is 7.11 Å². The molecule has 0 saturated heterocycles. The molecule has 0 aliphatic carbocycles. The van der Waals surface area contributed by atoms with Crippen LogP contribution in [0.1, 0.15) is 32.6 Å². The molecule has 0 aliphatic rings. The summed E-state index contributed by atoms with van der Waals surface area (Å²) in [7, 11) is 1.64. The summed E-state index contributed by atoms with van der Waals surface area (Å²) in [4.78, 5) is 12.3. The third-order valence-corrected chi connectivity index (χ3v) is 3.36. The topological polar surface area (TPSA) is 26.3 Å². The van der Waals surface area contributed by atoms with Crippen LogP contribution in [0.5, 0.6) is 5.75 Å². The van der Waals surface area contributed by atoms with Crippen LogP contribution in [-0.4, -0.2) is 12.9 Å². The number of Topliss-reactive ketones (excluding diaryl/α,β-unsaturated/α-hetero) is 1. The Labute approximate surface area is 120 Å². The molecule has 2 aromatic rings. The highest BCUT2D eigenvalue weighted by atomic mass is 16.5. The fourth-order valence-electron chi connectivity index (χ4n) is 2.51. The largest absolute Gasteiger partial charge is 0.496 e. The van der Waals surface area contributed by atoms with Gasteiger partial charge in [0.2, 0.25) is 0 Å². The van der Waals surface area contributed by atoms with Crippen molar-refractivity contribution in [3.63, 3.8) is 0 Å². The van der Waals surface area contributed by atoms with Gasteiger partial charge < -0.3 is 4.74 Å². The minimum atomic E-state index is 0.140. The number of aryl methyl sites for hydroxylation is 3. The van der Waals surface area contributed by atoms with E-state index in [1.807, 2.05) is 25.1 Å². The number of ether oxygens (including phenoxy) is 1. The van der Waals surface area contributed by atoms with E-state index in [0.717, 1.165) is 22.4 Å². The number of hydrogen-bond acceptors (Lipinski definition) is 2. The molecule has 0 saturated carbocycles. The molecule has 0 amide bonds. The van der Waals surface area contributed by atoms with E-state index < -0.39 is 0 Å². The van der Waals surface area contributed by atoms with E-state index in [0.29, 0.717) is 6.42 Å². The number of rotatable bonds is 4. The molecule has 2 heteroatoms. The summed E-state index contributed by atoms with van der Waals surface area (Å²) in [6, 6.07) is 11.8. The first kappa shape index (κ1) is 14.3. The second kappa shape index (κ2) is 5.91. The van der Waals surface area contributed by atoms with Crippen molar-refractivity contribution < 1.29 is 9.53 Å². The van der Waals surface area contributed by atoms with Gasteiger partial charge in [-0.05, 0) is 50.1 Å². The lowest BCUT2D eigenvalue weighted by molar-refractivity contribution is 0.0993. The van der Waals surface area contributed by atoms with Crippen molar-refractivity contribution in [2.45, 2.75) is 27.2 Å². The van der Waals surface area contributed by atoms with Gasteiger partial charge in [0, 0.05) is 12.0 Å². The fraction of sp³-hybridized carbons (Fsp3) is 0.278. The van der Waals surface area contributed by atoms with Crippen molar-refractivity contribution >= 4 is 5.78 Å². The second-order valence-electron chi connectivity index (χ2n) is 5.28. The van der Waals surface area contributed by atoms with Crippen LogP contribution >= 0.6 is 0 Å². The van der Waals surface area contributed by atoms with E-state index in [-0.39, 0.29) is 5.78 Å². The first-order chi connectivity index (χ1) is 9.49. The van der Waals surface area contributed by atoms with Gasteiger partial charge in [-0.2, -0.15) is 0 Å². The monoisotopic (exact) mass is 268 g/mol. The van der Waals surface area contributed by atoms with E-state index in [9.17, 15) is 4.79 Å². The predicted molar refractivity (Wildman–Crippen MR) is 81.7 cm³/mol. The Bertz CT molecular complexity index is 622. The molecule has 104 valence electrons. The Morgan fingerprint density at radius 3 is 2.20 bits per heavy atom. The molecular formula is C18H20O2. The molecule has 0 N–H and O–H groups in total. The average Bonchev–Trinajstić information content (AvgIpc) is 2.37. The van der Waals surface area contributed by atoms with E-state index in [2.05, 4.69) is 32.0 Å². The highest BCUT2D eigenvalue weighted by molar-refractivity contribution is 5.97. The second-order valence-corrected chi connectivity index (χ2v) is 5.28. The lowest BCUT2D eigenvalue weighted by Gasteiger charge is -2.08. The molecule has 0 aromatic heterocycles. The number of methoxy groups -OCH3 is 1. The zero-order valence-electron chi connectivity index (χ0n) is 12.5. The minimum Gasteiger partial charge on any atom is -0.496 e. The van der Waals surface area contributed by atoms with Crippen LogP contribution in [0, 0.1) is 20.8 Å². The summed E-state index contributed by atoms with van der Waals surface area (Å²) in [6.45, 7) is 6.06. The molecule has 2 nitrogen and oxygen atoms in total. The quantitative estimate of drug-likeness (QED) is 0.782. The number of hydrogen-bond donors (Lipinski definition) is 0. The molecule has 0 aliphatic heterocycles. The molecule has 0 unspecified atom stereocenters. The van der Waals surface area contributed by atoms with Gasteiger partial charge in [0.15, 0.2) is 5.78 Å². The maximum Gasteiger partial charge on any atom is 0.167 e. The third kappa shape index (κ3) is 3.27. The van der Waals surface area contributed by atoms with Crippen molar-refractivity contribution in [1.82, 2.24) is 0 Å². The number of carbonyl (C=O) groups excluding carboxylic acids is 1. The fourth-order valence-corrected chi connectivity index (χ4v) is 2.51. The molecule has 0 spiro atoms.